The fraction of sp³-hybridized carbons (Fsp3) is 0.861. The first-order chi connectivity index (χ1) is 21.2. The van der Waals surface area contributed by atoms with Gasteiger partial charge in [-0.15, -0.1) is 0 Å². The van der Waals surface area contributed by atoms with Crippen molar-refractivity contribution in [2.75, 3.05) is 13.7 Å². The maximum atomic E-state index is 13.6. The lowest BCUT2D eigenvalue weighted by atomic mass is 9.39. The molecule has 45 heavy (non-hydrogen) atoms. The van der Waals surface area contributed by atoms with Gasteiger partial charge in [0.15, 0.2) is 6.29 Å². The molecule has 1 heterocycles. The van der Waals surface area contributed by atoms with E-state index in [0.29, 0.717) is 25.2 Å². The van der Waals surface area contributed by atoms with E-state index >= 15 is 0 Å². The van der Waals surface area contributed by atoms with Crippen molar-refractivity contribution in [3.8, 4) is 0 Å². The summed E-state index contributed by atoms with van der Waals surface area (Å²) < 4.78 is 17.4. The molecule has 9 heteroatoms. The van der Waals surface area contributed by atoms with Crippen molar-refractivity contribution >= 4 is 5.97 Å². The average molecular weight is 635 g/mol. The van der Waals surface area contributed by atoms with Gasteiger partial charge in [-0.1, -0.05) is 39.0 Å². The molecule has 1 aliphatic heterocycles. The minimum Gasteiger partial charge on any atom is -0.481 e. The van der Waals surface area contributed by atoms with Crippen LogP contribution in [0.4, 0.5) is 0 Å². The van der Waals surface area contributed by atoms with Crippen LogP contribution in [0.1, 0.15) is 92.4 Å². The van der Waals surface area contributed by atoms with Crippen LogP contribution in [0.5, 0.6) is 0 Å². The van der Waals surface area contributed by atoms with Crippen LogP contribution >= 0.6 is 0 Å². The molecule has 5 rings (SSSR count). The van der Waals surface area contributed by atoms with Gasteiger partial charge in [-0.2, -0.15) is 0 Å². The molecular weight excluding hydrogens is 576 g/mol. The van der Waals surface area contributed by atoms with Gasteiger partial charge >= 0.3 is 5.97 Å². The molecule has 4 aliphatic carbocycles. The Morgan fingerprint density at radius 1 is 1.09 bits per heavy atom. The van der Waals surface area contributed by atoms with Crippen molar-refractivity contribution in [1.82, 2.24) is 0 Å². The predicted molar refractivity (Wildman–Crippen MR) is 169 cm³/mol. The van der Waals surface area contributed by atoms with Gasteiger partial charge in [0, 0.05) is 7.11 Å². The summed E-state index contributed by atoms with van der Waals surface area (Å²) in [5, 5.41) is 54.2. The van der Waals surface area contributed by atoms with Crippen LogP contribution in [0.25, 0.3) is 0 Å². The Bertz CT molecular complexity index is 1130. The van der Waals surface area contributed by atoms with Gasteiger partial charge in [0.2, 0.25) is 0 Å². The molecular formula is C36H58O9. The summed E-state index contributed by atoms with van der Waals surface area (Å²) in [5.41, 5.74) is 0.347. The van der Waals surface area contributed by atoms with Crippen LogP contribution in [-0.2, 0) is 19.0 Å². The molecule has 0 unspecified atom stereocenters. The zero-order valence-electron chi connectivity index (χ0n) is 28.2. The van der Waals surface area contributed by atoms with Gasteiger partial charge in [-0.25, -0.2) is 0 Å². The minimum absolute atomic E-state index is 0.0936. The summed E-state index contributed by atoms with van der Waals surface area (Å²) in [6.45, 7) is 15.0. The Labute approximate surface area is 269 Å². The van der Waals surface area contributed by atoms with Gasteiger partial charge in [0.25, 0.3) is 0 Å². The number of aliphatic hydroxyl groups is 4. The zero-order valence-corrected chi connectivity index (χ0v) is 28.2. The Hall–Kier alpha value is -1.33. The number of aliphatic hydroxyl groups excluding tert-OH is 4. The SMILES string of the molecule is C=C1[C@@H](O[C@H]2O[C@H](CO)[C@@H](OC)[C@H](O)[C@H]2O)CC[C@@]2(C)[C@H]1CC[C@@H]1[C@@H]2CC[C@]2(C)[C@@H]([C@H](C)CCC=C(C)C)C[C@@H](O)[C@@]12C(=O)O. The quantitative estimate of drug-likeness (QED) is 0.183. The summed E-state index contributed by atoms with van der Waals surface area (Å²) in [6, 6.07) is 0. The number of allylic oxidation sites excluding steroid dienone is 2. The lowest BCUT2D eigenvalue weighted by molar-refractivity contribution is -0.314. The van der Waals surface area contributed by atoms with Crippen molar-refractivity contribution in [2.45, 2.75) is 135 Å². The highest BCUT2D eigenvalue weighted by molar-refractivity contribution is 5.78. The van der Waals surface area contributed by atoms with Gasteiger partial charge in [-0.3, -0.25) is 4.79 Å². The molecule has 0 aromatic heterocycles. The Kier molecular flexibility index (Phi) is 10.1. The highest BCUT2D eigenvalue weighted by atomic mass is 16.7. The number of ether oxygens (including phenoxy) is 3. The van der Waals surface area contributed by atoms with Crippen LogP contribution in [-0.4, -0.2) is 88.1 Å². The van der Waals surface area contributed by atoms with E-state index in [4.69, 9.17) is 14.2 Å². The lowest BCUT2D eigenvalue weighted by Gasteiger charge is -2.65. The predicted octanol–water partition coefficient (Wildman–Crippen LogP) is 4.46. The summed E-state index contributed by atoms with van der Waals surface area (Å²) in [4.78, 5) is 13.6. The van der Waals surface area contributed by atoms with Crippen LogP contribution in [0.15, 0.2) is 23.8 Å². The third-order valence-electron chi connectivity index (χ3n) is 13.6. The van der Waals surface area contributed by atoms with Gasteiger partial charge in [0.05, 0.1) is 18.8 Å². The Morgan fingerprint density at radius 2 is 1.80 bits per heavy atom. The standard InChI is InChI=1S/C36H58O9/c1-19(2)9-8-10-20(3)25-17-28(38)36(33(41)42)24-12-11-22-21(4)26(14-15-34(22,5)23(24)13-16-35(25,36)6)44-32-30(40)29(39)31(43-7)27(18-37)45-32/h9,20,22-32,37-40H,4,8,10-18H2,1-3,5-7H3,(H,41,42)/t20-,22+,23+,24-,25-,26+,27-,28-,29-,30-,31-,32+,34+,35-,36-/m1/s1. The smallest absolute Gasteiger partial charge is 0.313 e. The fourth-order valence-electron chi connectivity index (χ4n) is 11.4. The summed E-state index contributed by atoms with van der Waals surface area (Å²) in [6.07, 6.45) is 2.61. The normalized spacial score (nSPS) is 48.6. The second-order valence-electron chi connectivity index (χ2n) is 15.8. The van der Waals surface area contributed by atoms with E-state index in [1.165, 1.54) is 12.7 Å². The molecule has 256 valence electrons. The number of aliphatic carboxylic acids is 1. The van der Waals surface area contributed by atoms with Gasteiger partial charge in [0.1, 0.15) is 29.8 Å². The van der Waals surface area contributed by atoms with E-state index in [-0.39, 0.29) is 35.7 Å². The van der Waals surface area contributed by atoms with Gasteiger partial charge < -0.3 is 39.7 Å². The first-order valence-corrected chi connectivity index (χ1v) is 17.2. The third kappa shape index (κ3) is 5.37. The van der Waals surface area contributed by atoms with Crippen molar-refractivity contribution in [3.63, 3.8) is 0 Å². The highest BCUT2D eigenvalue weighted by Gasteiger charge is 2.74. The molecule has 1 saturated heterocycles. The number of carboxylic acids is 1. The number of rotatable bonds is 9. The molecule has 5 aliphatic rings. The molecule has 0 aromatic carbocycles. The van der Waals surface area contributed by atoms with E-state index < -0.39 is 59.7 Å². The zero-order chi connectivity index (χ0) is 33.1. The van der Waals surface area contributed by atoms with Crippen molar-refractivity contribution in [2.24, 2.45) is 45.8 Å². The van der Waals surface area contributed by atoms with E-state index in [0.717, 1.165) is 44.1 Å². The molecule has 5 N–H and O–H groups in total. The maximum Gasteiger partial charge on any atom is 0.313 e. The minimum atomic E-state index is -1.35. The number of carboxylic acid groups (broad SMARTS) is 1. The first kappa shape index (κ1) is 35.0. The van der Waals surface area contributed by atoms with Crippen molar-refractivity contribution < 1.29 is 44.5 Å². The fourth-order valence-corrected chi connectivity index (χ4v) is 11.4. The molecule has 4 saturated carbocycles. The van der Waals surface area contributed by atoms with Crippen LogP contribution in [0.2, 0.25) is 0 Å². The molecule has 15 atom stereocenters. The topological polar surface area (TPSA) is 146 Å². The molecule has 5 fully saturated rings. The molecule has 0 bridgehead atoms. The molecule has 9 nitrogen and oxygen atoms in total. The molecule has 0 aromatic rings. The average Bonchev–Trinajstić information content (AvgIpc) is 3.24. The second kappa shape index (κ2) is 12.9. The highest BCUT2D eigenvalue weighted by Crippen LogP contribution is 2.74. The molecule has 0 radical (unpaired) electrons. The number of fused-ring (bicyclic) bond motifs is 5. The van der Waals surface area contributed by atoms with Crippen LogP contribution < -0.4 is 0 Å². The Balaban J connectivity index is 1.36. The third-order valence-corrected chi connectivity index (χ3v) is 13.6. The maximum absolute atomic E-state index is 13.6. The second-order valence-corrected chi connectivity index (χ2v) is 15.8. The first-order valence-electron chi connectivity index (χ1n) is 17.2. The van der Waals surface area contributed by atoms with E-state index in [9.17, 15) is 30.3 Å². The van der Waals surface area contributed by atoms with E-state index in [1.54, 1.807) is 0 Å². The van der Waals surface area contributed by atoms with Crippen molar-refractivity contribution in [1.29, 1.82) is 0 Å². The summed E-state index contributed by atoms with van der Waals surface area (Å²) in [7, 11) is 1.40. The van der Waals surface area contributed by atoms with Gasteiger partial charge in [-0.05, 0) is 118 Å². The van der Waals surface area contributed by atoms with Crippen molar-refractivity contribution in [3.05, 3.63) is 23.8 Å². The number of hydrogen-bond donors (Lipinski definition) is 5. The lowest BCUT2D eigenvalue weighted by Crippen LogP contribution is -2.65. The Morgan fingerprint density at radius 3 is 2.42 bits per heavy atom. The van der Waals surface area contributed by atoms with Crippen LogP contribution in [0, 0.1) is 45.8 Å². The summed E-state index contributed by atoms with van der Waals surface area (Å²) >= 11 is 0. The van der Waals surface area contributed by atoms with Crippen LogP contribution in [0.3, 0.4) is 0 Å². The number of methoxy groups -OCH3 is 1. The monoisotopic (exact) mass is 634 g/mol. The van der Waals surface area contributed by atoms with E-state index in [2.05, 4.69) is 47.3 Å². The van der Waals surface area contributed by atoms with E-state index in [1.807, 2.05) is 0 Å². The molecule has 0 amide bonds. The molecule has 0 spiro atoms. The number of carbonyl (C=O) groups is 1. The summed E-state index contributed by atoms with van der Waals surface area (Å²) in [5.74, 6) is -0.266. The number of hydrogen-bond acceptors (Lipinski definition) is 8. The largest absolute Gasteiger partial charge is 0.481 e.